The van der Waals surface area contributed by atoms with Crippen molar-refractivity contribution in [3.05, 3.63) is 84.0 Å². The third kappa shape index (κ3) is 2.29. The van der Waals surface area contributed by atoms with Crippen LogP contribution in [-0.4, -0.2) is 6.04 Å². The van der Waals surface area contributed by atoms with Crippen LogP contribution in [-0.2, 0) is 12.8 Å². The fourth-order valence-corrected chi connectivity index (χ4v) is 3.21. The molecule has 0 aromatic heterocycles. The zero-order valence-electron chi connectivity index (χ0n) is 12.1. The van der Waals surface area contributed by atoms with Gasteiger partial charge in [0.25, 0.3) is 0 Å². The summed E-state index contributed by atoms with van der Waals surface area (Å²) in [5.74, 6) is 0. The molecule has 0 saturated heterocycles. The van der Waals surface area contributed by atoms with Gasteiger partial charge in [0.2, 0.25) is 0 Å². The third-order valence-corrected chi connectivity index (χ3v) is 4.46. The molecular formula is C20H19N. The Morgan fingerprint density at radius 1 is 0.810 bits per heavy atom. The minimum absolute atomic E-state index is 0.399. The molecule has 0 bridgehead atoms. The number of benzene rings is 2. The summed E-state index contributed by atoms with van der Waals surface area (Å²) >= 11 is 0. The zero-order valence-corrected chi connectivity index (χ0v) is 12.1. The number of para-hydroxylation sites is 1. The van der Waals surface area contributed by atoms with E-state index in [4.69, 9.17) is 0 Å². The van der Waals surface area contributed by atoms with Crippen LogP contribution in [0, 0.1) is 0 Å². The van der Waals surface area contributed by atoms with E-state index in [2.05, 4.69) is 77.7 Å². The first-order valence-electron chi connectivity index (χ1n) is 7.71. The van der Waals surface area contributed by atoms with E-state index in [-0.39, 0.29) is 0 Å². The topological polar surface area (TPSA) is 3.24 Å². The van der Waals surface area contributed by atoms with E-state index in [1.165, 1.54) is 35.3 Å². The number of allylic oxidation sites excluding steroid dienone is 2. The zero-order chi connectivity index (χ0) is 14.1. The molecule has 0 radical (unpaired) electrons. The van der Waals surface area contributed by atoms with Gasteiger partial charge in [0.05, 0.1) is 6.04 Å². The molecule has 0 spiro atoms. The highest BCUT2D eigenvalue weighted by Crippen LogP contribution is 2.34. The number of fused-ring (bicyclic) bond motifs is 1. The molecule has 2 aliphatic carbocycles. The normalized spacial score (nSPS) is 19.0. The van der Waals surface area contributed by atoms with Crippen molar-refractivity contribution < 1.29 is 0 Å². The first kappa shape index (κ1) is 12.5. The van der Waals surface area contributed by atoms with Gasteiger partial charge in [0.15, 0.2) is 0 Å². The van der Waals surface area contributed by atoms with Crippen molar-refractivity contribution in [2.75, 3.05) is 4.90 Å². The molecule has 2 aromatic carbocycles. The van der Waals surface area contributed by atoms with Crippen molar-refractivity contribution in [2.24, 2.45) is 0 Å². The molecule has 1 atom stereocenters. The van der Waals surface area contributed by atoms with Gasteiger partial charge in [-0.2, -0.15) is 0 Å². The van der Waals surface area contributed by atoms with E-state index in [1.807, 2.05) is 0 Å². The monoisotopic (exact) mass is 273 g/mol. The second kappa shape index (κ2) is 5.25. The lowest BCUT2D eigenvalue weighted by atomic mass is 9.88. The highest BCUT2D eigenvalue weighted by Gasteiger charge is 2.21. The molecule has 0 heterocycles. The average molecular weight is 273 g/mol. The van der Waals surface area contributed by atoms with Crippen LogP contribution < -0.4 is 4.90 Å². The molecule has 2 aromatic rings. The van der Waals surface area contributed by atoms with Gasteiger partial charge in [0.1, 0.15) is 0 Å². The van der Waals surface area contributed by atoms with Crippen molar-refractivity contribution in [2.45, 2.75) is 25.3 Å². The number of anilines is 2. The minimum Gasteiger partial charge on any atom is -0.334 e. The fraction of sp³-hybridized carbons (Fsp3) is 0.200. The van der Waals surface area contributed by atoms with Gasteiger partial charge in [0, 0.05) is 11.4 Å². The van der Waals surface area contributed by atoms with E-state index in [0.717, 1.165) is 6.42 Å². The van der Waals surface area contributed by atoms with Crippen molar-refractivity contribution in [1.29, 1.82) is 0 Å². The summed E-state index contributed by atoms with van der Waals surface area (Å²) in [6.07, 6.45) is 12.4. The van der Waals surface area contributed by atoms with Crippen LogP contribution in [0.1, 0.15) is 17.5 Å². The summed E-state index contributed by atoms with van der Waals surface area (Å²) in [4.78, 5) is 2.46. The Bertz CT molecular complexity index is 697. The molecule has 1 heteroatoms. The van der Waals surface area contributed by atoms with E-state index < -0.39 is 0 Å². The van der Waals surface area contributed by atoms with E-state index >= 15 is 0 Å². The molecule has 1 nitrogen and oxygen atoms in total. The minimum atomic E-state index is 0.399. The largest absolute Gasteiger partial charge is 0.334 e. The molecule has 104 valence electrons. The Hall–Kier alpha value is -2.28. The van der Waals surface area contributed by atoms with E-state index in [0.29, 0.717) is 6.04 Å². The molecular weight excluding hydrogens is 254 g/mol. The quantitative estimate of drug-likeness (QED) is 0.776. The molecule has 4 rings (SSSR count). The molecule has 0 amide bonds. The summed E-state index contributed by atoms with van der Waals surface area (Å²) in [5.41, 5.74) is 5.61. The molecule has 0 N–H and O–H groups in total. The smallest absolute Gasteiger partial charge is 0.0559 e. The van der Waals surface area contributed by atoms with Gasteiger partial charge in [-0.1, -0.05) is 48.6 Å². The number of hydrogen-bond donors (Lipinski definition) is 0. The predicted octanol–water partition coefficient (Wildman–Crippen LogP) is 4.81. The van der Waals surface area contributed by atoms with Gasteiger partial charge < -0.3 is 4.90 Å². The number of hydrogen-bond acceptors (Lipinski definition) is 1. The number of rotatable bonds is 3. The van der Waals surface area contributed by atoms with Gasteiger partial charge in [-0.05, 0) is 54.7 Å². The van der Waals surface area contributed by atoms with Crippen LogP contribution in [0.15, 0.2) is 72.8 Å². The maximum absolute atomic E-state index is 2.46. The lowest BCUT2D eigenvalue weighted by Gasteiger charge is -2.34. The Balaban J connectivity index is 1.77. The number of nitrogens with zero attached hydrogens (tertiary/aromatic N) is 1. The summed E-state index contributed by atoms with van der Waals surface area (Å²) in [6.45, 7) is 0. The first-order valence-corrected chi connectivity index (χ1v) is 7.71. The average Bonchev–Trinajstić information content (AvgIpc) is 2.52. The molecule has 0 fully saturated rings. The summed E-state index contributed by atoms with van der Waals surface area (Å²) in [6, 6.07) is 18.1. The van der Waals surface area contributed by atoms with Crippen LogP contribution in [0.5, 0.6) is 0 Å². The van der Waals surface area contributed by atoms with Gasteiger partial charge >= 0.3 is 0 Å². The van der Waals surface area contributed by atoms with Crippen LogP contribution in [0.2, 0.25) is 0 Å². The van der Waals surface area contributed by atoms with Crippen molar-refractivity contribution >= 4 is 11.4 Å². The lowest BCUT2D eigenvalue weighted by molar-refractivity contribution is 0.778. The van der Waals surface area contributed by atoms with Crippen molar-refractivity contribution in [3.8, 4) is 0 Å². The Labute approximate surface area is 126 Å². The SMILES string of the molecule is C1=CCC(N(c2ccccc2)c2ccc3c(c2)CC3)C=C1. The van der Waals surface area contributed by atoms with E-state index in [9.17, 15) is 0 Å². The van der Waals surface area contributed by atoms with Crippen LogP contribution >= 0.6 is 0 Å². The van der Waals surface area contributed by atoms with Crippen LogP contribution in [0.3, 0.4) is 0 Å². The fourth-order valence-electron chi connectivity index (χ4n) is 3.21. The van der Waals surface area contributed by atoms with Crippen LogP contribution in [0.4, 0.5) is 11.4 Å². The Morgan fingerprint density at radius 3 is 2.33 bits per heavy atom. The highest BCUT2D eigenvalue weighted by atomic mass is 15.2. The van der Waals surface area contributed by atoms with Gasteiger partial charge in [-0.25, -0.2) is 0 Å². The summed E-state index contributed by atoms with van der Waals surface area (Å²) in [5, 5.41) is 0. The predicted molar refractivity (Wildman–Crippen MR) is 89.1 cm³/mol. The second-order valence-corrected chi connectivity index (χ2v) is 5.77. The van der Waals surface area contributed by atoms with Crippen molar-refractivity contribution in [1.82, 2.24) is 0 Å². The number of aryl methyl sites for hydroxylation is 2. The second-order valence-electron chi connectivity index (χ2n) is 5.77. The maximum Gasteiger partial charge on any atom is 0.0559 e. The summed E-state index contributed by atoms with van der Waals surface area (Å²) < 4.78 is 0. The van der Waals surface area contributed by atoms with Crippen molar-refractivity contribution in [3.63, 3.8) is 0 Å². The third-order valence-electron chi connectivity index (χ3n) is 4.46. The molecule has 0 saturated carbocycles. The molecule has 1 unspecified atom stereocenters. The van der Waals surface area contributed by atoms with Crippen LogP contribution in [0.25, 0.3) is 0 Å². The molecule has 21 heavy (non-hydrogen) atoms. The molecule has 0 aliphatic heterocycles. The van der Waals surface area contributed by atoms with Gasteiger partial charge in [-0.3, -0.25) is 0 Å². The summed E-state index contributed by atoms with van der Waals surface area (Å²) in [7, 11) is 0. The first-order chi connectivity index (χ1) is 10.4. The Morgan fingerprint density at radius 2 is 1.67 bits per heavy atom. The standard InChI is InChI=1S/C20H19N/c1-3-7-18(8-4-1)21(19-9-5-2-6-10-19)20-14-13-16-11-12-17(16)15-20/h1-9,13-15,19H,10-12H2. The molecule has 2 aliphatic rings. The van der Waals surface area contributed by atoms with Gasteiger partial charge in [-0.15, -0.1) is 0 Å². The van der Waals surface area contributed by atoms with E-state index in [1.54, 1.807) is 0 Å². The highest BCUT2D eigenvalue weighted by molar-refractivity contribution is 5.67. The Kier molecular flexibility index (Phi) is 3.11. The lowest BCUT2D eigenvalue weighted by Crippen LogP contribution is -2.30. The maximum atomic E-state index is 2.46.